The van der Waals surface area contributed by atoms with Crippen molar-refractivity contribution >= 4 is 19.2 Å². The van der Waals surface area contributed by atoms with Crippen LogP contribution in [0.15, 0.2) is 60.7 Å². The Hall–Kier alpha value is -1.89. The summed E-state index contributed by atoms with van der Waals surface area (Å²) in [6.45, 7) is 3.06. The second-order valence-electron chi connectivity index (χ2n) is 7.39. The summed E-state index contributed by atoms with van der Waals surface area (Å²) in [6, 6.07) is 12.8. The monoisotopic (exact) mass is 365 g/mol. The minimum atomic E-state index is 0.405. The van der Waals surface area contributed by atoms with Crippen LogP contribution in [-0.2, 0) is 13.0 Å². The van der Waals surface area contributed by atoms with E-state index in [4.69, 9.17) is 0 Å². The summed E-state index contributed by atoms with van der Waals surface area (Å²) >= 11 is 0. The summed E-state index contributed by atoms with van der Waals surface area (Å²) in [4.78, 5) is 2.20. The van der Waals surface area contributed by atoms with Crippen molar-refractivity contribution in [3.05, 3.63) is 77.4 Å². The van der Waals surface area contributed by atoms with E-state index < -0.39 is 0 Å². The van der Waals surface area contributed by atoms with E-state index in [9.17, 15) is 5.11 Å². The summed E-state index contributed by atoms with van der Waals surface area (Å²) in [5.41, 5.74) is 3.93. The highest BCUT2D eigenvalue weighted by Gasteiger charge is 2.12. The fourth-order valence-corrected chi connectivity index (χ4v) is 4.59. The fraction of sp³-hybridized carbons (Fsp3) is 0.304. The number of aromatic hydroxyl groups is 1. The lowest BCUT2D eigenvalue weighted by molar-refractivity contribution is 0.403. The summed E-state index contributed by atoms with van der Waals surface area (Å²) in [6.07, 6.45) is 10.9. The predicted octanol–water partition coefficient (Wildman–Crippen LogP) is 4.07. The molecule has 2 atom stereocenters. The number of rotatable bonds is 6. The Labute approximate surface area is 159 Å². The number of nitrogens with zero attached hydrogens (tertiary/aromatic N) is 1. The smallest absolute Gasteiger partial charge is 0.123 e. The van der Waals surface area contributed by atoms with Gasteiger partial charge in [0.15, 0.2) is 0 Å². The van der Waals surface area contributed by atoms with Crippen molar-refractivity contribution in [3.8, 4) is 5.75 Å². The average Bonchev–Trinajstić information content (AvgIpc) is 2.60. The van der Waals surface area contributed by atoms with E-state index in [0.717, 1.165) is 24.7 Å². The molecule has 1 aliphatic carbocycles. The van der Waals surface area contributed by atoms with Gasteiger partial charge in [0.2, 0.25) is 0 Å². The molecule has 136 valence electrons. The SMILES string of the molecule is Cc1ccc(Pc2cc(CC3C=CC=CC3)ccc2O)c(CN(C)C)c1. The van der Waals surface area contributed by atoms with Crippen LogP contribution >= 0.6 is 8.58 Å². The second kappa shape index (κ2) is 8.66. The lowest BCUT2D eigenvalue weighted by Crippen LogP contribution is -2.18. The first-order chi connectivity index (χ1) is 12.5. The van der Waals surface area contributed by atoms with E-state index in [0.29, 0.717) is 20.2 Å². The molecular formula is C23H28NOP. The molecule has 0 aromatic heterocycles. The van der Waals surface area contributed by atoms with Gasteiger partial charge in [-0.3, -0.25) is 0 Å². The normalized spacial score (nSPS) is 16.8. The molecule has 2 nitrogen and oxygen atoms in total. The van der Waals surface area contributed by atoms with Gasteiger partial charge in [0.25, 0.3) is 0 Å². The van der Waals surface area contributed by atoms with Crippen LogP contribution in [0.1, 0.15) is 23.1 Å². The zero-order chi connectivity index (χ0) is 18.5. The van der Waals surface area contributed by atoms with Gasteiger partial charge in [-0.1, -0.05) is 62.7 Å². The third-order valence-corrected chi connectivity index (χ3v) is 6.07. The van der Waals surface area contributed by atoms with Gasteiger partial charge in [-0.05, 0) is 68.3 Å². The number of benzene rings is 2. The minimum absolute atomic E-state index is 0.405. The lowest BCUT2D eigenvalue weighted by atomic mass is 9.93. The van der Waals surface area contributed by atoms with Crippen molar-refractivity contribution in [2.24, 2.45) is 5.92 Å². The van der Waals surface area contributed by atoms with Crippen LogP contribution in [0.3, 0.4) is 0 Å². The van der Waals surface area contributed by atoms with Crippen LogP contribution in [-0.4, -0.2) is 24.1 Å². The molecule has 0 fully saturated rings. The van der Waals surface area contributed by atoms with Gasteiger partial charge in [-0.15, -0.1) is 0 Å². The predicted molar refractivity (Wildman–Crippen MR) is 114 cm³/mol. The first-order valence-corrected chi connectivity index (χ1v) is 10.2. The highest BCUT2D eigenvalue weighted by Crippen LogP contribution is 2.24. The molecule has 2 aromatic carbocycles. The Morgan fingerprint density at radius 3 is 2.65 bits per heavy atom. The third-order valence-electron chi connectivity index (χ3n) is 4.64. The van der Waals surface area contributed by atoms with Gasteiger partial charge in [0.1, 0.15) is 5.75 Å². The molecule has 1 N–H and O–H groups in total. The summed E-state index contributed by atoms with van der Waals surface area (Å²) in [5.74, 6) is 0.965. The van der Waals surface area contributed by atoms with Gasteiger partial charge in [-0.25, -0.2) is 0 Å². The third kappa shape index (κ3) is 5.06. The maximum atomic E-state index is 10.4. The lowest BCUT2D eigenvalue weighted by Gasteiger charge is -2.17. The van der Waals surface area contributed by atoms with Crippen LogP contribution < -0.4 is 10.6 Å². The van der Waals surface area contributed by atoms with Crippen molar-refractivity contribution in [3.63, 3.8) is 0 Å². The van der Waals surface area contributed by atoms with E-state index in [1.165, 1.54) is 22.0 Å². The molecule has 0 bridgehead atoms. The number of aryl methyl sites for hydroxylation is 1. The van der Waals surface area contributed by atoms with Crippen molar-refractivity contribution < 1.29 is 5.11 Å². The summed E-state index contributed by atoms with van der Waals surface area (Å²) in [7, 11) is 4.66. The maximum Gasteiger partial charge on any atom is 0.123 e. The Balaban J connectivity index is 1.82. The molecule has 2 unspecified atom stereocenters. The van der Waals surface area contributed by atoms with E-state index >= 15 is 0 Å². The van der Waals surface area contributed by atoms with E-state index in [1.54, 1.807) is 0 Å². The summed E-state index contributed by atoms with van der Waals surface area (Å²) < 4.78 is 0. The number of phenols is 1. The van der Waals surface area contributed by atoms with Crippen LogP contribution in [0.4, 0.5) is 0 Å². The minimum Gasteiger partial charge on any atom is -0.507 e. The number of hydrogen-bond acceptors (Lipinski definition) is 2. The van der Waals surface area contributed by atoms with Gasteiger partial charge in [0, 0.05) is 11.8 Å². The Kier molecular flexibility index (Phi) is 6.29. The molecular weight excluding hydrogens is 337 g/mol. The van der Waals surface area contributed by atoms with Crippen molar-refractivity contribution in [1.82, 2.24) is 4.90 Å². The molecule has 1 aliphatic rings. The standard InChI is InChI=1S/C23H28NOP/c1-17-9-12-22(20(13-17)16-24(2)3)26-23-15-19(10-11-21(23)25)14-18-7-5-4-6-8-18/h4-7,9-13,15,18,25-26H,8,14,16H2,1-3H3. The largest absolute Gasteiger partial charge is 0.507 e. The van der Waals surface area contributed by atoms with E-state index in [2.05, 4.69) is 80.6 Å². The van der Waals surface area contributed by atoms with Gasteiger partial charge >= 0.3 is 0 Å². The van der Waals surface area contributed by atoms with Crippen LogP contribution in [0.25, 0.3) is 0 Å². The Bertz CT molecular complexity index is 823. The van der Waals surface area contributed by atoms with Gasteiger partial charge < -0.3 is 10.0 Å². The Morgan fingerprint density at radius 1 is 1.08 bits per heavy atom. The molecule has 0 radical (unpaired) electrons. The highest BCUT2D eigenvalue weighted by molar-refractivity contribution is 7.55. The molecule has 26 heavy (non-hydrogen) atoms. The molecule has 3 heteroatoms. The Morgan fingerprint density at radius 2 is 1.92 bits per heavy atom. The number of hydrogen-bond donors (Lipinski definition) is 1. The van der Waals surface area contributed by atoms with Crippen LogP contribution in [0.5, 0.6) is 5.75 Å². The van der Waals surface area contributed by atoms with Crippen molar-refractivity contribution in [1.29, 1.82) is 0 Å². The second-order valence-corrected chi connectivity index (χ2v) is 8.72. The fourth-order valence-electron chi connectivity index (χ4n) is 3.36. The topological polar surface area (TPSA) is 23.5 Å². The van der Waals surface area contributed by atoms with Crippen molar-refractivity contribution in [2.45, 2.75) is 26.3 Å². The molecule has 0 saturated carbocycles. The maximum absolute atomic E-state index is 10.4. The molecule has 0 spiro atoms. The molecule has 0 saturated heterocycles. The first kappa shape index (κ1) is 18.9. The summed E-state index contributed by atoms with van der Waals surface area (Å²) in [5, 5.41) is 12.8. The van der Waals surface area contributed by atoms with Crippen LogP contribution in [0, 0.1) is 12.8 Å². The quantitative estimate of drug-likeness (QED) is 0.780. The highest BCUT2D eigenvalue weighted by atomic mass is 31.1. The van der Waals surface area contributed by atoms with E-state index in [-0.39, 0.29) is 0 Å². The van der Waals surface area contributed by atoms with Gasteiger partial charge in [0.05, 0.1) is 0 Å². The zero-order valence-corrected chi connectivity index (χ0v) is 16.9. The van der Waals surface area contributed by atoms with Crippen molar-refractivity contribution in [2.75, 3.05) is 14.1 Å². The molecule has 0 amide bonds. The van der Waals surface area contributed by atoms with Gasteiger partial charge in [-0.2, -0.15) is 0 Å². The number of phenolic OH excluding ortho intramolecular Hbond substituents is 1. The number of allylic oxidation sites excluding steroid dienone is 4. The molecule has 3 rings (SSSR count). The zero-order valence-electron chi connectivity index (χ0n) is 15.9. The average molecular weight is 365 g/mol. The van der Waals surface area contributed by atoms with E-state index in [1.807, 2.05) is 6.07 Å². The molecule has 2 aromatic rings. The van der Waals surface area contributed by atoms with Crippen LogP contribution in [0.2, 0.25) is 0 Å². The molecule has 0 heterocycles. The molecule has 0 aliphatic heterocycles. The first-order valence-electron chi connectivity index (χ1n) is 9.18.